The molecule has 1 aromatic rings. The standard InChI is InChI=1S/C20H26O8/c1-12(21)25-19-18(28-20(3,4)27-13(2)22)17-16(26-19)15(11-24-17)23-10-14-8-6-5-7-9-14/h5-9,15-19H,10-11H2,1-4H3/t15-,16-,17+,18-,19?/m1/s1. The van der Waals surface area contributed by atoms with Crippen LogP contribution in [0.1, 0.15) is 33.3 Å². The van der Waals surface area contributed by atoms with Crippen LogP contribution in [-0.2, 0) is 44.6 Å². The number of fused-ring (bicyclic) bond motifs is 1. The molecular weight excluding hydrogens is 368 g/mol. The fourth-order valence-corrected chi connectivity index (χ4v) is 3.44. The normalized spacial score (nSPS) is 29.4. The minimum atomic E-state index is -1.24. The zero-order valence-corrected chi connectivity index (χ0v) is 16.5. The monoisotopic (exact) mass is 394 g/mol. The Balaban J connectivity index is 1.68. The molecule has 1 unspecified atom stereocenters. The van der Waals surface area contributed by atoms with E-state index >= 15 is 0 Å². The Morgan fingerprint density at radius 3 is 2.46 bits per heavy atom. The number of ether oxygens (including phenoxy) is 6. The van der Waals surface area contributed by atoms with Crippen LogP contribution in [-0.4, -0.2) is 55.0 Å². The maximum absolute atomic E-state index is 11.5. The summed E-state index contributed by atoms with van der Waals surface area (Å²) in [6.45, 7) is 6.51. The third-order valence-corrected chi connectivity index (χ3v) is 4.42. The van der Waals surface area contributed by atoms with Crippen LogP contribution in [0.5, 0.6) is 0 Å². The molecule has 0 saturated carbocycles. The Morgan fingerprint density at radius 2 is 1.82 bits per heavy atom. The lowest BCUT2D eigenvalue weighted by atomic mass is 10.1. The minimum absolute atomic E-state index is 0.322. The Kier molecular flexibility index (Phi) is 6.34. The number of hydrogen-bond acceptors (Lipinski definition) is 8. The maximum atomic E-state index is 11.5. The molecule has 2 heterocycles. The van der Waals surface area contributed by atoms with Gasteiger partial charge in [0, 0.05) is 27.7 Å². The summed E-state index contributed by atoms with van der Waals surface area (Å²) in [4.78, 5) is 22.8. The molecule has 2 aliphatic rings. The summed E-state index contributed by atoms with van der Waals surface area (Å²) in [6, 6.07) is 9.76. The smallest absolute Gasteiger partial charge is 0.305 e. The molecule has 1 aromatic carbocycles. The van der Waals surface area contributed by atoms with Crippen LogP contribution < -0.4 is 0 Å². The summed E-state index contributed by atoms with van der Waals surface area (Å²) >= 11 is 0. The first kappa shape index (κ1) is 20.7. The van der Waals surface area contributed by atoms with E-state index in [1.165, 1.54) is 13.8 Å². The predicted molar refractivity (Wildman–Crippen MR) is 95.9 cm³/mol. The Labute approximate surface area is 164 Å². The second kappa shape index (κ2) is 8.57. The van der Waals surface area contributed by atoms with Crippen molar-refractivity contribution in [3.8, 4) is 0 Å². The number of esters is 2. The van der Waals surface area contributed by atoms with Crippen molar-refractivity contribution in [2.24, 2.45) is 0 Å². The van der Waals surface area contributed by atoms with Crippen molar-refractivity contribution in [1.29, 1.82) is 0 Å². The molecule has 0 aromatic heterocycles. The van der Waals surface area contributed by atoms with Gasteiger partial charge in [-0.25, -0.2) is 0 Å². The van der Waals surface area contributed by atoms with Gasteiger partial charge in [-0.2, -0.15) is 0 Å². The summed E-state index contributed by atoms with van der Waals surface area (Å²) in [5, 5.41) is 0. The van der Waals surface area contributed by atoms with Crippen molar-refractivity contribution in [1.82, 2.24) is 0 Å². The van der Waals surface area contributed by atoms with Gasteiger partial charge >= 0.3 is 11.9 Å². The molecule has 0 amide bonds. The number of carbonyl (C=O) groups is 2. The van der Waals surface area contributed by atoms with Gasteiger partial charge < -0.3 is 28.4 Å². The lowest BCUT2D eigenvalue weighted by Crippen LogP contribution is -2.44. The Morgan fingerprint density at radius 1 is 1.11 bits per heavy atom. The summed E-state index contributed by atoms with van der Waals surface area (Å²) in [5.41, 5.74) is 1.03. The quantitative estimate of drug-likeness (QED) is 0.512. The summed E-state index contributed by atoms with van der Waals surface area (Å²) in [7, 11) is 0. The maximum Gasteiger partial charge on any atom is 0.305 e. The largest absolute Gasteiger partial charge is 0.434 e. The molecule has 154 valence electrons. The van der Waals surface area contributed by atoms with E-state index in [1.54, 1.807) is 13.8 Å². The number of hydrogen-bond donors (Lipinski definition) is 0. The fraction of sp³-hybridized carbons (Fsp3) is 0.600. The van der Waals surface area contributed by atoms with Crippen molar-refractivity contribution >= 4 is 11.9 Å². The molecule has 2 saturated heterocycles. The van der Waals surface area contributed by atoms with E-state index in [1.807, 2.05) is 30.3 Å². The number of benzene rings is 1. The summed E-state index contributed by atoms with van der Waals surface area (Å²) in [5.74, 6) is -2.23. The zero-order valence-electron chi connectivity index (χ0n) is 16.5. The third-order valence-electron chi connectivity index (χ3n) is 4.42. The van der Waals surface area contributed by atoms with Gasteiger partial charge in [-0.3, -0.25) is 9.59 Å². The number of rotatable bonds is 7. The molecule has 8 heteroatoms. The van der Waals surface area contributed by atoms with E-state index in [4.69, 9.17) is 28.4 Å². The molecule has 0 N–H and O–H groups in total. The van der Waals surface area contributed by atoms with E-state index in [2.05, 4.69) is 0 Å². The summed E-state index contributed by atoms with van der Waals surface area (Å²) in [6.07, 6.45) is -3.06. The number of carbonyl (C=O) groups excluding carboxylic acids is 2. The first-order chi connectivity index (χ1) is 13.2. The van der Waals surface area contributed by atoms with Gasteiger partial charge in [-0.1, -0.05) is 30.3 Å². The SMILES string of the molecule is CC(=O)OC1O[C@H]2[C@H](OC[C@H]2OCc2ccccc2)[C@H]1OC(C)(C)OC(C)=O. The second-order valence-corrected chi connectivity index (χ2v) is 7.29. The molecule has 2 aliphatic heterocycles. The predicted octanol–water partition coefficient (Wildman–Crippen LogP) is 1.94. The molecule has 3 rings (SSSR count). The molecule has 2 fully saturated rings. The van der Waals surface area contributed by atoms with Crippen molar-refractivity contribution < 1.29 is 38.0 Å². The lowest BCUT2D eigenvalue weighted by Gasteiger charge is -2.31. The molecule has 0 radical (unpaired) electrons. The summed E-state index contributed by atoms with van der Waals surface area (Å²) < 4.78 is 34.1. The van der Waals surface area contributed by atoms with Gasteiger partial charge in [0.05, 0.1) is 13.2 Å². The van der Waals surface area contributed by atoms with Gasteiger partial charge in [0.15, 0.2) is 6.10 Å². The van der Waals surface area contributed by atoms with Crippen LogP contribution in [0.4, 0.5) is 0 Å². The first-order valence-corrected chi connectivity index (χ1v) is 9.22. The second-order valence-electron chi connectivity index (χ2n) is 7.29. The van der Waals surface area contributed by atoms with Crippen LogP contribution in [0.15, 0.2) is 30.3 Å². The van der Waals surface area contributed by atoms with E-state index in [9.17, 15) is 9.59 Å². The molecule has 0 bridgehead atoms. The van der Waals surface area contributed by atoms with E-state index < -0.39 is 42.3 Å². The van der Waals surface area contributed by atoms with Crippen molar-refractivity contribution in [2.75, 3.05) is 6.61 Å². The van der Waals surface area contributed by atoms with Gasteiger partial charge in [0.25, 0.3) is 0 Å². The molecule has 28 heavy (non-hydrogen) atoms. The highest BCUT2D eigenvalue weighted by Crippen LogP contribution is 2.37. The van der Waals surface area contributed by atoms with Gasteiger partial charge in [0.1, 0.15) is 18.3 Å². The highest BCUT2D eigenvalue weighted by molar-refractivity contribution is 5.66. The van der Waals surface area contributed by atoms with E-state index in [-0.39, 0.29) is 6.10 Å². The fourth-order valence-electron chi connectivity index (χ4n) is 3.44. The molecular formula is C20H26O8. The van der Waals surface area contributed by atoms with E-state index in [0.717, 1.165) is 5.56 Å². The Bertz CT molecular complexity index is 689. The Hall–Kier alpha value is -2.00. The zero-order chi connectivity index (χ0) is 20.3. The minimum Gasteiger partial charge on any atom is -0.434 e. The topological polar surface area (TPSA) is 89.5 Å². The average molecular weight is 394 g/mol. The highest BCUT2D eigenvalue weighted by atomic mass is 16.8. The average Bonchev–Trinajstić information content (AvgIpc) is 3.12. The van der Waals surface area contributed by atoms with Crippen LogP contribution >= 0.6 is 0 Å². The lowest BCUT2D eigenvalue weighted by molar-refractivity contribution is -0.270. The molecule has 0 aliphatic carbocycles. The molecule has 8 nitrogen and oxygen atoms in total. The van der Waals surface area contributed by atoms with Gasteiger partial charge in [0.2, 0.25) is 12.1 Å². The van der Waals surface area contributed by atoms with Crippen molar-refractivity contribution in [3.63, 3.8) is 0 Å². The van der Waals surface area contributed by atoms with Crippen LogP contribution in [0.2, 0.25) is 0 Å². The third kappa shape index (κ3) is 5.08. The van der Waals surface area contributed by atoms with Crippen LogP contribution in [0.25, 0.3) is 0 Å². The highest BCUT2D eigenvalue weighted by Gasteiger charge is 2.56. The molecule has 0 spiro atoms. The van der Waals surface area contributed by atoms with Crippen LogP contribution in [0.3, 0.4) is 0 Å². The van der Waals surface area contributed by atoms with Gasteiger partial charge in [-0.15, -0.1) is 0 Å². The first-order valence-electron chi connectivity index (χ1n) is 9.22. The van der Waals surface area contributed by atoms with Gasteiger partial charge in [-0.05, 0) is 5.56 Å². The molecule has 5 atom stereocenters. The van der Waals surface area contributed by atoms with Crippen LogP contribution in [0, 0.1) is 0 Å². The van der Waals surface area contributed by atoms with Crippen molar-refractivity contribution in [2.45, 2.75) is 70.8 Å². The van der Waals surface area contributed by atoms with Crippen molar-refractivity contribution in [3.05, 3.63) is 35.9 Å². The van der Waals surface area contributed by atoms with E-state index in [0.29, 0.717) is 13.2 Å².